The molecule has 5 heteroatoms. The van der Waals surface area contributed by atoms with Gasteiger partial charge in [0.25, 0.3) is 0 Å². The number of ether oxygens (including phenoxy) is 2. The molecule has 0 aliphatic heterocycles. The molecule has 0 radical (unpaired) electrons. The van der Waals surface area contributed by atoms with Gasteiger partial charge in [0.2, 0.25) is 5.43 Å². The van der Waals surface area contributed by atoms with Crippen LogP contribution in [0.3, 0.4) is 0 Å². The zero-order valence-corrected chi connectivity index (χ0v) is 15.2. The molecule has 28 heavy (non-hydrogen) atoms. The lowest BCUT2D eigenvalue weighted by Gasteiger charge is -2.14. The number of rotatable bonds is 4. The average Bonchev–Trinajstić information content (AvgIpc) is 2.75. The fourth-order valence-corrected chi connectivity index (χ4v) is 3.08. The summed E-state index contributed by atoms with van der Waals surface area (Å²) < 4.78 is 12.5. The summed E-state index contributed by atoms with van der Waals surface area (Å²) in [5.74, 6) is -0.0567. The van der Waals surface area contributed by atoms with Gasteiger partial charge in [0.05, 0.1) is 12.6 Å². The number of esters is 1. The first kappa shape index (κ1) is 17.5. The fraction of sp³-hybridized carbons (Fsp3) is 0.0435. The van der Waals surface area contributed by atoms with Crippen LogP contribution in [0.25, 0.3) is 16.6 Å². The summed E-state index contributed by atoms with van der Waals surface area (Å²) in [6, 6.07) is 23.5. The zero-order chi connectivity index (χ0) is 19.5. The number of carbonyl (C=O) groups excluding carboxylic acids is 1. The van der Waals surface area contributed by atoms with Gasteiger partial charge < -0.3 is 14.0 Å². The molecule has 0 saturated heterocycles. The molecular formula is C23H17NO4. The van der Waals surface area contributed by atoms with Crippen LogP contribution in [0.1, 0.15) is 10.4 Å². The summed E-state index contributed by atoms with van der Waals surface area (Å²) in [5, 5.41) is 0.445. The van der Waals surface area contributed by atoms with Crippen LogP contribution in [-0.2, 0) is 0 Å². The molecule has 0 atom stereocenters. The molecule has 0 saturated carbocycles. The smallest absolute Gasteiger partial charge is 0.349 e. The molecule has 0 aliphatic carbocycles. The first-order chi connectivity index (χ1) is 13.7. The molecule has 4 rings (SSSR count). The van der Waals surface area contributed by atoms with E-state index in [1.54, 1.807) is 36.4 Å². The van der Waals surface area contributed by atoms with Crippen molar-refractivity contribution in [1.29, 1.82) is 0 Å². The average molecular weight is 371 g/mol. The Labute approximate surface area is 161 Å². The van der Waals surface area contributed by atoms with Crippen LogP contribution >= 0.6 is 0 Å². The lowest BCUT2D eigenvalue weighted by molar-refractivity contribution is 0.0728. The van der Waals surface area contributed by atoms with Crippen LogP contribution < -0.4 is 14.9 Å². The van der Waals surface area contributed by atoms with Crippen molar-refractivity contribution in [2.75, 3.05) is 7.11 Å². The first-order valence-corrected chi connectivity index (χ1v) is 8.74. The number of carbonyl (C=O) groups is 1. The Balaban J connectivity index is 1.86. The fourth-order valence-electron chi connectivity index (χ4n) is 3.08. The van der Waals surface area contributed by atoms with Gasteiger partial charge in [0.1, 0.15) is 5.56 Å². The molecule has 0 aliphatic rings. The van der Waals surface area contributed by atoms with Gasteiger partial charge in [0.15, 0.2) is 11.5 Å². The van der Waals surface area contributed by atoms with Gasteiger partial charge in [-0.05, 0) is 36.4 Å². The molecule has 0 spiro atoms. The molecule has 0 fully saturated rings. The number of fused-ring (bicyclic) bond motifs is 1. The predicted octanol–water partition coefficient (Wildman–Crippen LogP) is 4.22. The second kappa shape index (κ2) is 7.40. The van der Waals surface area contributed by atoms with E-state index in [2.05, 4.69) is 0 Å². The molecule has 5 nitrogen and oxygen atoms in total. The molecule has 0 bridgehead atoms. The molecular weight excluding hydrogens is 354 g/mol. The normalized spacial score (nSPS) is 10.6. The van der Waals surface area contributed by atoms with Crippen LogP contribution in [0, 0.1) is 0 Å². The van der Waals surface area contributed by atoms with Crippen molar-refractivity contribution in [2.24, 2.45) is 0 Å². The number of methoxy groups -OCH3 is 1. The van der Waals surface area contributed by atoms with Crippen LogP contribution in [0.4, 0.5) is 0 Å². The van der Waals surface area contributed by atoms with Gasteiger partial charge in [-0.1, -0.05) is 42.5 Å². The van der Waals surface area contributed by atoms with E-state index >= 15 is 0 Å². The van der Waals surface area contributed by atoms with Gasteiger partial charge >= 0.3 is 5.97 Å². The Morgan fingerprint density at radius 2 is 1.46 bits per heavy atom. The minimum Gasteiger partial charge on any atom is -0.493 e. The van der Waals surface area contributed by atoms with Gasteiger partial charge in [-0.3, -0.25) is 4.79 Å². The van der Waals surface area contributed by atoms with E-state index in [1.165, 1.54) is 13.3 Å². The number of hydrogen-bond donors (Lipinski definition) is 0. The summed E-state index contributed by atoms with van der Waals surface area (Å²) in [4.78, 5) is 25.8. The van der Waals surface area contributed by atoms with Gasteiger partial charge in [-0.2, -0.15) is 0 Å². The van der Waals surface area contributed by atoms with E-state index < -0.39 is 5.97 Å². The Hall–Kier alpha value is -3.86. The number of benzene rings is 3. The quantitative estimate of drug-likeness (QED) is 0.398. The maximum absolute atomic E-state index is 13.0. The largest absolute Gasteiger partial charge is 0.493 e. The van der Waals surface area contributed by atoms with E-state index in [0.717, 1.165) is 5.69 Å². The molecule has 1 heterocycles. The third-order valence-corrected chi connectivity index (χ3v) is 4.44. The molecule has 3 aromatic carbocycles. The lowest BCUT2D eigenvalue weighted by Crippen LogP contribution is -2.22. The topological polar surface area (TPSA) is 57.5 Å². The van der Waals surface area contributed by atoms with E-state index in [0.29, 0.717) is 16.7 Å². The molecule has 0 N–H and O–H groups in total. The van der Waals surface area contributed by atoms with Crippen LogP contribution in [0.5, 0.6) is 11.5 Å². The highest BCUT2D eigenvalue weighted by Crippen LogP contribution is 2.27. The highest BCUT2D eigenvalue weighted by Gasteiger charge is 2.19. The Bertz CT molecular complexity index is 1210. The molecule has 4 aromatic rings. The standard InChI is InChI=1S/C23H17NO4/c1-27-20-13-7-8-14-21(20)28-23(26)18-15-24(16-9-3-2-4-10-16)19-12-6-5-11-17(19)22(18)25/h2-15H,1H3. The van der Waals surface area contributed by atoms with Crippen molar-refractivity contribution in [2.45, 2.75) is 0 Å². The van der Waals surface area contributed by atoms with Crippen molar-refractivity contribution in [3.05, 3.63) is 101 Å². The van der Waals surface area contributed by atoms with Crippen molar-refractivity contribution in [3.63, 3.8) is 0 Å². The van der Waals surface area contributed by atoms with Crippen molar-refractivity contribution in [1.82, 2.24) is 4.57 Å². The Kier molecular flexibility index (Phi) is 4.64. The minimum absolute atomic E-state index is 0.0477. The van der Waals surface area contributed by atoms with Crippen molar-refractivity contribution >= 4 is 16.9 Å². The van der Waals surface area contributed by atoms with Gasteiger partial charge in [-0.25, -0.2) is 4.79 Å². The summed E-state index contributed by atoms with van der Waals surface area (Å²) >= 11 is 0. The second-order valence-corrected chi connectivity index (χ2v) is 6.13. The first-order valence-electron chi connectivity index (χ1n) is 8.74. The molecule has 138 valence electrons. The Morgan fingerprint density at radius 3 is 2.21 bits per heavy atom. The van der Waals surface area contributed by atoms with Crippen LogP contribution in [-0.4, -0.2) is 17.6 Å². The number of hydrogen-bond acceptors (Lipinski definition) is 4. The molecule has 1 aromatic heterocycles. The molecule has 0 unspecified atom stereocenters. The number of pyridine rings is 1. The predicted molar refractivity (Wildman–Crippen MR) is 107 cm³/mol. The monoisotopic (exact) mass is 371 g/mol. The summed E-state index contributed by atoms with van der Waals surface area (Å²) in [6.45, 7) is 0. The van der Waals surface area contributed by atoms with Crippen LogP contribution in [0.2, 0.25) is 0 Å². The van der Waals surface area contributed by atoms with E-state index in [9.17, 15) is 9.59 Å². The SMILES string of the molecule is COc1ccccc1OC(=O)c1cn(-c2ccccc2)c2ccccc2c1=O. The minimum atomic E-state index is -0.732. The van der Waals surface area contributed by atoms with E-state index in [-0.39, 0.29) is 16.7 Å². The lowest BCUT2D eigenvalue weighted by atomic mass is 10.1. The van der Waals surface area contributed by atoms with Gasteiger partial charge in [0, 0.05) is 17.3 Å². The molecule has 0 amide bonds. The highest BCUT2D eigenvalue weighted by atomic mass is 16.6. The van der Waals surface area contributed by atoms with Gasteiger partial charge in [-0.15, -0.1) is 0 Å². The van der Waals surface area contributed by atoms with E-state index in [1.807, 2.05) is 47.0 Å². The number of para-hydroxylation sites is 4. The summed E-state index contributed by atoms with van der Waals surface area (Å²) in [6.07, 6.45) is 1.53. The summed E-state index contributed by atoms with van der Waals surface area (Å²) in [7, 11) is 1.49. The maximum atomic E-state index is 13.0. The number of aromatic nitrogens is 1. The van der Waals surface area contributed by atoms with Crippen molar-refractivity contribution < 1.29 is 14.3 Å². The third-order valence-electron chi connectivity index (χ3n) is 4.44. The van der Waals surface area contributed by atoms with Crippen LogP contribution in [0.15, 0.2) is 89.9 Å². The second-order valence-electron chi connectivity index (χ2n) is 6.13. The highest BCUT2D eigenvalue weighted by molar-refractivity contribution is 5.95. The van der Waals surface area contributed by atoms with E-state index in [4.69, 9.17) is 9.47 Å². The zero-order valence-electron chi connectivity index (χ0n) is 15.2. The van der Waals surface area contributed by atoms with Crippen molar-refractivity contribution in [3.8, 4) is 17.2 Å². The summed E-state index contributed by atoms with van der Waals surface area (Å²) in [5.41, 5.74) is 1.13. The maximum Gasteiger partial charge on any atom is 0.349 e. The number of nitrogens with zero attached hydrogens (tertiary/aromatic N) is 1. The third kappa shape index (κ3) is 3.14. The Morgan fingerprint density at radius 1 is 0.821 bits per heavy atom.